The third-order valence-corrected chi connectivity index (χ3v) is 3.72. The first-order valence-corrected chi connectivity index (χ1v) is 7.76. The summed E-state index contributed by atoms with van der Waals surface area (Å²) < 4.78 is 6.07. The maximum absolute atomic E-state index is 8.11. The molecule has 0 bridgehead atoms. The van der Waals surface area contributed by atoms with E-state index < -0.39 is 0 Å². The van der Waals surface area contributed by atoms with Crippen LogP contribution in [0.15, 0.2) is 24.3 Å². The van der Waals surface area contributed by atoms with Gasteiger partial charge in [0.05, 0.1) is 6.54 Å². The number of nitrogens with one attached hydrogen (secondary N) is 2. The van der Waals surface area contributed by atoms with Gasteiger partial charge in [0, 0.05) is 13.1 Å². The van der Waals surface area contributed by atoms with Crippen molar-refractivity contribution in [2.75, 3.05) is 26.2 Å². The highest BCUT2D eigenvalue weighted by Crippen LogP contribution is 2.27. The van der Waals surface area contributed by atoms with Crippen LogP contribution in [0.2, 0.25) is 0 Å². The Balaban J connectivity index is 1.95. The van der Waals surface area contributed by atoms with E-state index in [2.05, 4.69) is 17.4 Å². The molecule has 0 radical (unpaired) electrons. The van der Waals surface area contributed by atoms with E-state index in [-0.39, 0.29) is 6.10 Å². The number of nitrogens with zero attached hydrogens (tertiary/aromatic N) is 1. The summed E-state index contributed by atoms with van der Waals surface area (Å²) >= 11 is 0. The molecule has 2 rings (SSSR count). The summed E-state index contributed by atoms with van der Waals surface area (Å²) in [5.41, 5.74) is 6.88. The van der Waals surface area contributed by atoms with Gasteiger partial charge in [-0.05, 0) is 44.4 Å². The molecule has 1 atom stereocenters. The lowest BCUT2D eigenvalue weighted by atomic mass is 10.0. The SMILES string of the molecule is CCNC(=N)N(CCCN)CC1CCc2ccccc2O1. The molecule has 0 fully saturated rings. The molecule has 0 aliphatic carbocycles. The molecule has 0 saturated carbocycles. The minimum Gasteiger partial charge on any atom is -0.488 e. The Labute approximate surface area is 127 Å². The van der Waals surface area contributed by atoms with E-state index in [0.29, 0.717) is 12.5 Å². The largest absolute Gasteiger partial charge is 0.488 e. The lowest BCUT2D eigenvalue weighted by Crippen LogP contribution is -2.47. The van der Waals surface area contributed by atoms with Gasteiger partial charge in [-0.1, -0.05) is 18.2 Å². The molecule has 0 aromatic heterocycles. The van der Waals surface area contributed by atoms with Crippen LogP contribution in [-0.2, 0) is 6.42 Å². The average molecular weight is 290 g/mol. The van der Waals surface area contributed by atoms with Crippen LogP contribution in [-0.4, -0.2) is 43.1 Å². The van der Waals surface area contributed by atoms with Gasteiger partial charge in [0.15, 0.2) is 5.96 Å². The molecule has 1 unspecified atom stereocenters. The molecule has 5 nitrogen and oxygen atoms in total. The van der Waals surface area contributed by atoms with Crippen molar-refractivity contribution in [2.24, 2.45) is 5.73 Å². The van der Waals surface area contributed by atoms with Crippen LogP contribution in [0.4, 0.5) is 0 Å². The molecule has 0 amide bonds. The fraction of sp³-hybridized carbons (Fsp3) is 0.562. The van der Waals surface area contributed by atoms with Crippen molar-refractivity contribution in [1.29, 1.82) is 5.41 Å². The molecule has 0 spiro atoms. The molecule has 5 heteroatoms. The van der Waals surface area contributed by atoms with Gasteiger partial charge in [0.25, 0.3) is 0 Å². The maximum Gasteiger partial charge on any atom is 0.191 e. The van der Waals surface area contributed by atoms with Crippen LogP contribution in [0, 0.1) is 5.41 Å². The van der Waals surface area contributed by atoms with E-state index in [4.69, 9.17) is 15.9 Å². The number of hydrogen-bond acceptors (Lipinski definition) is 3. The standard InChI is InChI=1S/C16H26N4O/c1-2-19-16(18)20(11-5-10-17)12-14-9-8-13-6-3-4-7-15(13)21-14/h3-4,6-7,14H,2,5,8-12,17H2,1H3,(H2,18,19). The van der Waals surface area contributed by atoms with Crippen molar-refractivity contribution in [3.05, 3.63) is 29.8 Å². The zero-order chi connectivity index (χ0) is 15.1. The van der Waals surface area contributed by atoms with Gasteiger partial charge in [-0.15, -0.1) is 0 Å². The highest BCUT2D eigenvalue weighted by Gasteiger charge is 2.22. The van der Waals surface area contributed by atoms with Gasteiger partial charge in [0.2, 0.25) is 0 Å². The van der Waals surface area contributed by atoms with E-state index in [9.17, 15) is 0 Å². The molecule has 1 aromatic rings. The molecule has 1 heterocycles. The third-order valence-electron chi connectivity index (χ3n) is 3.72. The Morgan fingerprint density at radius 2 is 2.29 bits per heavy atom. The predicted molar refractivity (Wildman–Crippen MR) is 85.8 cm³/mol. The molecular formula is C16H26N4O. The minimum atomic E-state index is 0.136. The number of benzene rings is 1. The van der Waals surface area contributed by atoms with Crippen LogP contribution in [0.3, 0.4) is 0 Å². The maximum atomic E-state index is 8.11. The summed E-state index contributed by atoms with van der Waals surface area (Å²) in [6, 6.07) is 8.21. The Morgan fingerprint density at radius 1 is 1.48 bits per heavy atom. The Kier molecular flexibility index (Phi) is 5.87. The second-order valence-electron chi connectivity index (χ2n) is 5.35. The summed E-state index contributed by atoms with van der Waals surface area (Å²) in [4.78, 5) is 2.04. The highest BCUT2D eigenvalue weighted by molar-refractivity contribution is 5.76. The van der Waals surface area contributed by atoms with E-state index in [0.717, 1.165) is 44.6 Å². The first kappa shape index (κ1) is 15.6. The van der Waals surface area contributed by atoms with Crippen LogP contribution < -0.4 is 15.8 Å². The first-order chi connectivity index (χ1) is 10.2. The topological polar surface area (TPSA) is 74.4 Å². The van der Waals surface area contributed by atoms with Crippen molar-refractivity contribution in [2.45, 2.75) is 32.3 Å². The lowest BCUT2D eigenvalue weighted by molar-refractivity contribution is 0.140. The van der Waals surface area contributed by atoms with Gasteiger partial charge >= 0.3 is 0 Å². The molecule has 21 heavy (non-hydrogen) atoms. The van der Waals surface area contributed by atoms with Crippen molar-refractivity contribution >= 4 is 5.96 Å². The van der Waals surface area contributed by atoms with Crippen molar-refractivity contribution in [1.82, 2.24) is 10.2 Å². The molecule has 1 aliphatic rings. The summed E-state index contributed by atoms with van der Waals surface area (Å²) in [5, 5.41) is 11.2. The number of fused-ring (bicyclic) bond motifs is 1. The van der Waals surface area contributed by atoms with Crippen molar-refractivity contribution in [3.63, 3.8) is 0 Å². The Bertz CT molecular complexity index is 463. The van der Waals surface area contributed by atoms with E-state index in [1.807, 2.05) is 24.0 Å². The highest BCUT2D eigenvalue weighted by atomic mass is 16.5. The molecule has 116 valence electrons. The summed E-state index contributed by atoms with van der Waals surface area (Å²) in [6.07, 6.45) is 3.06. The molecule has 1 aromatic carbocycles. The second kappa shape index (κ2) is 7.88. The van der Waals surface area contributed by atoms with Gasteiger partial charge in [-0.25, -0.2) is 0 Å². The van der Waals surface area contributed by atoms with Gasteiger partial charge in [0.1, 0.15) is 11.9 Å². The molecular weight excluding hydrogens is 264 g/mol. The number of para-hydroxylation sites is 1. The third kappa shape index (κ3) is 4.36. The number of aryl methyl sites for hydroxylation is 1. The predicted octanol–water partition coefficient (Wildman–Crippen LogP) is 1.58. The zero-order valence-corrected chi connectivity index (χ0v) is 12.8. The fourth-order valence-corrected chi connectivity index (χ4v) is 2.61. The van der Waals surface area contributed by atoms with Crippen LogP contribution in [0.1, 0.15) is 25.3 Å². The van der Waals surface area contributed by atoms with Crippen LogP contribution in [0.5, 0.6) is 5.75 Å². The van der Waals surface area contributed by atoms with Gasteiger partial charge < -0.3 is 20.7 Å². The molecule has 1 aliphatic heterocycles. The Hall–Kier alpha value is -1.75. The average Bonchev–Trinajstić information content (AvgIpc) is 2.51. The smallest absolute Gasteiger partial charge is 0.191 e. The summed E-state index contributed by atoms with van der Waals surface area (Å²) in [6.45, 7) is 4.93. The molecule has 0 saturated heterocycles. The van der Waals surface area contributed by atoms with E-state index in [1.54, 1.807) is 0 Å². The normalized spacial score (nSPS) is 16.8. The van der Waals surface area contributed by atoms with Crippen LogP contribution in [0.25, 0.3) is 0 Å². The van der Waals surface area contributed by atoms with Gasteiger partial charge in [-0.2, -0.15) is 0 Å². The minimum absolute atomic E-state index is 0.136. The summed E-state index contributed by atoms with van der Waals surface area (Å²) in [5.74, 6) is 1.45. The number of rotatable bonds is 6. The van der Waals surface area contributed by atoms with Gasteiger partial charge in [-0.3, -0.25) is 5.41 Å². The van der Waals surface area contributed by atoms with Crippen molar-refractivity contribution < 1.29 is 4.74 Å². The van der Waals surface area contributed by atoms with Crippen LogP contribution >= 0.6 is 0 Å². The first-order valence-electron chi connectivity index (χ1n) is 7.76. The Morgan fingerprint density at radius 3 is 3.05 bits per heavy atom. The molecule has 4 N–H and O–H groups in total. The zero-order valence-electron chi connectivity index (χ0n) is 12.8. The van der Waals surface area contributed by atoms with E-state index in [1.165, 1.54) is 5.56 Å². The number of hydrogen-bond donors (Lipinski definition) is 3. The van der Waals surface area contributed by atoms with E-state index >= 15 is 0 Å². The monoisotopic (exact) mass is 290 g/mol. The fourth-order valence-electron chi connectivity index (χ4n) is 2.61. The summed E-state index contributed by atoms with van der Waals surface area (Å²) in [7, 11) is 0. The number of guanidine groups is 1. The number of nitrogens with two attached hydrogens (primary N) is 1. The number of ether oxygens (including phenoxy) is 1. The van der Waals surface area contributed by atoms with Crippen molar-refractivity contribution in [3.8, 4) is 5.75 Å². The quantitative estimate of drug-likeness (QED) is 0.549. The lowest BCUT2D eigenvalue weighted by Gasteiger charge is -2.32. The second-order valence-corrected chi connectivity index (χ2v) is 5.35.